The Balaban J connectivity index is 1.81. The molecule has 0 N–H and O–H groups in total. The van der Waals surface area contributed by atoms with E-state index in [9.17, 15) is 14.9 Å². The lowest BCUT2D eigenvalue weighted by atomic mass is 10.1. The van der Waals surface area contributed by atoms with E-state index < -0.39 is 4.92 Å². The second-order valence-corrected chi connectivity index (χ2v) is 6.66. The maximum Gasteiger partial charge on any atom is 0.269 e. The maximum absolute atomic E-state index is 13.4. The molecule has 0 bridgehead atoms. The molecule has 4 rings (SSSR count). The highest BCUT2D eigenvalue weighted by atomic mass is 16.6. The predicted octanol–water partition coefficient (Wildman–Crippen LogP) is 5.07. The highest BCUT2D eigenvalue weighted by Gasteiger charge is 2.32. The molecule has 3 aromatic carbocycles. The van der Waals surface area contributed by atoms with Crippen molar-refractivity contribution in [2.45, 2.75) is 0 Å². The summed E-state index contributed by atoms with van der Waals surface area (Å²) in [5, 5.41) is 10.9. The number of carbonyl (C=O) groups is 1. The molecular weight excluding hydrogens is 380 g/mol. The molecule has 0 radical (unpaired) electrons. The number of rotatable bonds is 5. The van der Waals surface area contributed by atoms with E-state index in [2.05, 4.69) is 0 Å². The van der Waals surface area contributed by atoms with Crippen LogP contribution >= 0.6 is 0 Å². The van der Waals surface area contributed by atoms with Crippen molar-refractivity contribution in [3.63, 3.8) is 0 Å². The van der Waals surface area contributed by atoms with Crippen LogP contribution < -0.4 is 9.64 Å². The zero-order chi connectivity index (χ0) is 21.1. The minimum atomic E-state index is -0.450. The van der Waals surface area contributed by atoms with Gasteiger partial charge in [0.15, 0.2) is 0 Å². The molecular formula is C24H18N2O4. The third-order valence-corrected chi connectivity index (χ3v) is 4.80. The Morgan fingerprint density at radius 2 is 1.60 bits per heavy atom. The van der Waals surface area contributed by atoms with Gasteiger partial charge in [0.2, 0.25) is 0 Å². The minimum absolute atomic E-state index is 0.00561. The fourth-order valence-electron chi connectivity index (χ4n) is 3.36. The van der Waals surface area contributed by atoms with Gasteiger partial charge in [-0.3, -0.25) is 19.8 Å². The van der Waals surface area contributed by atoms with Gasteiger partial charge in [-0.15, -0.1) is 0 Å². The van der Waals surface area contributed by atoms with Crippen LogP contribution in [0.1, 0.15) is 11.1 Å². The summed E-state index contributed by atoms with van der Waals surface area (Å²) in [6.45, 7) is 0. The molecule has 0 aromatic heterocycles. The van der Waals surface area contributed by atoms with E-state index in [1.165, 1.54) is 12.1 Å². The number of amides is 1. The Bertz CT molecular complexity index is 1170. The number of nitro groups is 1. The van der Waals surface area contributed by atoms with Crippen LogP contribution in [0.15, 0.2) is 90.5 Å². The SMILES string of the molecule is COc1ccccc1N1C(=O)/C(=C/c2ccc([N+](=O)[O-])cc2)C=C1c1ccccc1. The molecule has 6 nitrogen and oxygen atoms in total. The summed E-state index contributed by atoms with van der Waals surface area (Å²) in [5.74, 6) is 0.390. The van der Waals surface area contributed by atoms with Gasteiger partial charge < -0.3 is 4.74 Å². The van der Waals surface area contributed by atoms with Gasteiger partial charge in [0.1, 0.15) is 5.75 Å². The van der Waals surface area contributed by atoms with Gasteiger partial charge in [-0.2, -0.15) is 0 Å². The Morgan fingerprint density at radius 1 is 0.933 bits per heavy atom. The number of non-ortho nitro benzene ring substituents is 1. The van der Waals surface area contributed by atoms with Crippen LogP contribution in [-0.4, -0.2) is 17.9 Å². The molecule has 0 fully saturated rings. The van der Waals surface area contributed by atoms with Crippen molar-refractivity contribution in [1.82, 2.24) is 0 Å². The molecule has 30 heavy (non-hydrogen) atoms. The van der Waals surface area contributed by atoms with Gasteiger partial charge in [0, 0.05) is 17.7 Å². The van der Waals surface area contributed by atoms with Gasteiger partial charge in [0.05, 0.1) is 23.4 Å². The van der Waals surface area contributed by atoms with E-state index in [1.54, 1.807) is 30.2 Å². The number of nitro benzene ring substituents is 1. The normalized spacial score (nSPS) is 14.7. The monoisotopic (exact) mass is 398 g/mol. The van der Waals surface area contributed by atoms with Crippen LogP contribution in [0, 0.1) is 10.1 Å². The van der Waals surface area contributed by atoms with Crippen molar-refractivity contribution in [3.8, 4) is 5.75 Å². The van der Waals surface area contributed by atoms with Crippen LogP contribution in [0.25, 0.3) is 11.8 Å². The topological polar surface area (TPSA) is 72.7 Å². The molecule has 0 saturated carbocycles. The first-order valence-electron chi connectivity index (χ1n) is 9.29. The van der Waals surface area contributed by atoms with Crippen LogP contribution in [0.4, 0.5) is 11.4 Å². The second kappa shape index (κ2) is 8.05. The molecule has 0 saturated heterocycles. The number of nitrogens with zero attached hydrogens (tertiary/aromatic N) is 2. The molecule has 0 aliphatic carbocycles. The predicted molar refractivity (Wildman–Crippen MR) is 116 cm³/mol. The molecule has 3 aromatic rings. The van der Waals surface area contributed by atoms with E-state index >= 15 is 0 Å². The van der Waals surface area contributed by atoms with Crippen LogP contribution in [0.5, 0.6) is 5.75 Å². The zero-order valence-corrected chi connectivity index (χ0v) is 16.2. The summed E-state index contributed by atoms with van der Waals surface area (Å²) in [7, 11) is 1.57. The quantitative estimate of drug-likeness (QED) is 0.341. The number of carbonyl (C=O) groups excluding carboxylic acids is 1. The average molecular weight is 398 g/mol. The molecule has 1 heterocycles. The number of para-hydroxylation sites is 2. The first-order valence-corrected chi connectivity index (χ1v) is 9.29. The first-order chi connectivity index (χ1) is 14.6. The largest absolute Gasteiger partial charge is 0.495 e. The van der Waals surface area contributed by atoms with Gasteiger partial charge >= 0.3 is 0 Å². The lowest BCUT2D eigenvalue weighted by Crippen LogP contribution is -2.25. The number of ether oxygens (including phenoxy) is 1. The number of methoxy groups -OCH3 is 1. The highest BCUT2D eigenvalue weighted by molar-refractivity contribution is 6.23. The maximum atomic E-state index is 13.4. The lowest BCUT2D eigenvalue weighted by Gasteiger charge is -2.22. The summed E-state index contributed by atoms with van der Waals surface area (Å²) in [4.78, 5) is 25.4. The van der Waals surface area contributed by atoms with Crippen molar-refractivity contribution < 1.29 is 14.5 Å². The van der Waals surface area contributed by atoms with E-state index in [0.29, 0.717) is 22.6 Å². The fourth-order valence-corrected chi connectivity index (χ4v) is 3.36. The number of benzene rings is 3. The Hall–Kier alpha value is -4.19. The molecule has 1 aliphatic heterocycles. The van der Waals surface area contributed by atoms with Crippen molar-refractivity contribution in [1.29, 1.82) is 0 Å². The third kappa shape index (κ3) is 3.58. The van der Waals surface area contributed by atoms with Crippen LogP contribution in [-0.2, 0) is 4.79 Å². The minimum Gasteiger partial charge on any atom is -0.495 e. The molecule has 0 atom stereocenters. The number of anilines is 1. The standard InChI is InChI=1S/C24H18N2O4/c1-30-23-10-6-5-9-21(23)25-22(18-7-3-2-4-8-18)16-19(24(25)27)15-17-11-13-20(14-12-17)26(28)29/h2-16H,1H3/b19-15+. The van der Waals surface area contributed by atoms with Crippen LogP contribution in [0.3, 0.4) is 0 Å². The summed E-state index contributed by atoms with van der Waals surface area (Å²) in [5.41, 5.74) is 3.46. The van der Waals surface area contributed by atoms with Gasteiger partial charge in [-0.1, -0.05) is 42.5 Å². The third-order valence-electron chi connectivity index (χ3n) is 4.80. The van der Waals surface area contributed by atoms with E-state index in [-0.39, 0.29) is 11.6 Å². The van der Waals surface area contributed by atoms with E-state index in [0.717, 1.165) is 11.3 Å². The smallest absolute Gasteiger partial charge is 0.269 e. The lowest BCUT2D eigenvalue weighted by molar-refractivity contribution is -0.384. The first kappa shape index (κ1) is 19.1. The van der Waals surface area contributed by atoms with Crippen molar-refractivity contribution >= 4 is 29.1 Å². The van der Waals surface area contributed by atoms with Gasteiger partial charge in [-0.25, -0.2) is 0 Å². The van der Waals surface area contributed by atoms with Crippen molar-refractivity contribution in [2.75, 3.05) is 12.0 Å². The fraction of sp³-hybridized carbons (Fsp3) is 0.0417. The second-order valence-electron chi connectivity index (χ2n) is 6.66. The summed E-state index contributed by atoms with van der Waals surface area (Å²) in [6, 6.07) is 23.1. The van der Waals surface area contributed by atoms with E-state index in [4.69, 9.17) is 4.74 Å². The molecule has 148 valence electrons. The van der Waals surface area contributed by atoms with Gasteiger partial charge in [-0.05, 0) is 47.5 Å². The summed E-state index contributed by atoms with van der Waals surface area (Å²) >= 11 is 0. The van der Waals surface area contributed by atoms with Crippen LogP contribution in [0.2, 0.25) is 0 Å². The van der Waals surface area contributed by atoms with E-state index in [1.807, 2.05) is 60.7 Å². The van der Waals surface area contributed by atoms with Crippen molar-refractivity contribution in [2.24, 2.45) is 0 Å². The highest BCUT2D eigenvalue weighted by Crippen LogP contribution is 2.39. The Labute approximate surface area is 173 Å². The molecule has 0 spiro atoms. The average Bonchev–Trinajstić information content (AvgIpc) is 3.10. The van der Waals surface area contributed by atoms with Gasteiger partial charge in [0.25, 0.3) is 11.6 Å². The molecule has 6 heteroatoms. The summed E-state index contributed by atoms with van der Waals surface area (Å²) in [6.07, 6.45) is 3.55. The molecule has 0 unspecified atom stereocenters. The summed E-state index contributed by atoms with van der Waals surface area (Å²) < 4.78 is 5.47. The molecule has 1 amide bonds. The number of hydrogen-bond acceptors (Lipinski definition) is 4. The Kier molecular flexibility index (Phi) is 5.13. The molecule has 1 aliphatic rings. The van der Waals surface area contributed by atoms with Crippen molar-refractivity contribution in [3.05, 3.63) is 112 Å². The number of hydrogen-bond donors (Lipinski definition) is 0. The Morgan fingerprint density at radius 3 is 2.27 bits per heavy atom. The zero-order valence-electron chi connectivity index (χ0n) is 16.2.